The molecule has 1 saturated carbocycles. The molecule has 29 heavy (non-hydrogen) atoms. The first-order valence-corrected chi connectivity index (χ1v) is 10.4. The summed E-state index contributed by atoms with van der Waals surface area (Å²) in [4.78, 5) is 25.7. The molecular weight excluding hydrogens is 392 g/mol. The van der Waals surface area contributed by atoms with E-state index in [1.165, 1.54) is 10.6 Å². The molecular formula is C22H29ClN2O4. The number of carbonyl (C=O) groups excluding carboxylic acids is 1. The Morgan fingerprint density at radius 3 is 2.66 bits per heavy atom. The highest BCUT2D eigenvalue weighted by Gasteiger charge is 2.38. The van der Waals surface area contributed by atoms with Crippen LogP contribution in [0.15, 0.2) is 29.2 Å². The Kier molecular flexibility index (Phi) is 6.08. The molecule has 1 unspecified atom stereocenters. The van der Waals surface area contributed by atoms with Crippen LogP contribution >= 0.6 is 11.6 Å². The van der Waals surface area contributed by atoms with Crippen molar-refractivity contribution in [1.82, 2.24) is 9.88 Å². The molecule has 3 rings (SSSR count). The molecule has 0 spiro atoms. The van der Waals surface area contributed by atoms with Crippen LogP contribution in [-0.4, -0.2) is 39.4 Å². The van der Waals surface area contributed by atoms with Crippen LogP contribution in [0, 0.1) is 5.41 Å². The first-order chi connectivity index (χ1) is 13.6. The maximum atomic E-state index is 13.0. The van der Waals surface area contributed by atoms with Gasteiger partial charge < -0.3 is 20.1 Å². The zero-order chi connectivity index (χ0) is 21.4. The lowest BCUT2D eigenvalue weighted by Gasteiger charge is -2.41. The quantitative estimate of drug-likeness (QED) is 0.692. The van der Waals surface area contributed by atoms with Crippen LogP contribution in [0.5, 0.6) is 0 Å². The summed E-state index contributed by atoms with van der Waals surface area (Å²) in [6.45, 7) is 5.96. The number of hydrogen-bond donors (Lipinski definition) is 3. The van der Waals surface area contributed by atoms with Gasteiger partial charge >= 0.3 is 0 Å². The summed E-state index contributed by atoms with van der Waals surface area (Å²) >= 11 is 6.31. The summed E-state index contributed by atoms with van der Waals surface area (Å²) in [5.41, 5.74) is -0.979. The predicted molar refractivity (Wildman–Crippen MR) is 115 cm³/mol. The van der Waals surface area contributed by atoms with Crippen molar-refractivity contribution >= 4 is 28.3 Å². The smallest absolute Gasteiger partial charge is 0.258 e. The van der Waals surface area contributed by atoms with Gasteiger partial charge in [-0.15, -0.1) is 0 Å². The maximum absolute atomic E-state index is 13.0. The Morgan fingerprint density at radius 2 is 2.00 bits per heavy atom. The van der Waals surface area contributed by atoms with Crippen molar-refractivity contribution in [3.8, 4) is 0 Å². The Morgan fingerprint density at radius 1 is 1.28 bits per heavy atom. The van der Waals surface area contributed by atoms with Crippen molar-refractivity contribution in [2.75, 3.05) is 13.2 Å². The molecule has 2 aromatic rings. The van der Waals surface area contributed by atoms with Gasteiger partial charge in [-0.25, -0.2) is 0 Å². The number of rotatable bonds is 5. The van der Waals surface area contributed by atoms with E-state index in [0.717, 1.165) is 12.8 Å². The summed E-state index contributed by atoms with van der Waals surface area (Å²) in [5, 5.41) is 24.2. The number of halogens is 1. The fourth-order valence-corrected chi connectivity index (χ4v) is 4.68. The van der Waals surface area contributed by atoms with E-state index in [2.05, 4.69) is 19.2 Å². The Balaban J connectivity index is 1.91. The minimum absolute atomic E-state index is 0.0311. The summed E-state index contributed by atoms with van der Waals surface area (Å²) in [7, 11) is 0. The highest BCUT2D eigenvalue weighted by molar-refractivity contribution is 6.35. The van der Waals surface area contributed by atoms with Gasteiger partial charge in [0.1, 0.15) is 0 Å². The first kappa shape index (κ1) is 21.8. The van der Waals surface area contributed by atoms with Crippen LogP contribution in [0.4, 0.5) is 0 Å². The highest BCUT2D eigenvalue weighted by Crippen LogP contribution is 2.40. The van der Waals surface area contributed by atoms with E-state index >= 15 is 0 Å². The van der Waals surface area contributed by atoms with Gasteiger partial charge in [-0.3, -0.25) is 9.59 Å². The number of amides is 1. The predicted octanol–water partition coefficient (Wildman–Crippen LogP) is 3.27. The van der Waals surface area contributed by atoms with Crippen molar-refractivity contribution < 1.29 is 15.0 Å². The molecule has 1 heterocycles. The Labute approximate surface area is 175 Å². The lowest BCUT2D eigenvalue weighted by molar-refractivity contribution is -0.0361. The SMILES string of the molecule is C[C@H](CO)n1ccc2c(C(=O)NCC3(O)CCCC(C)(C)C3)c(Cl)ccc2c1=O. The van der Waals surface area contributed by atoms with Crippen LogP contribution in [0.3, 0.4) is 0 Å². The minimum atomic E-state index is -0.947. The molecule has 1 aromatic heterocycles. The third kappa shape index (κ3) is 4.49. The number of pyridine rings is 1. The highest BCUT2D eigenvalue weighted by atomic mass is 35.5. The Hall–Kier alpha value is -1.89. The van der Waals surface area contributed by atoms with Crippen molar-refractivity contribution in [1.29, 1.82) is 0 Å². The van der Waals surface area contributed by atoms with Crippen LogP contribution in [0.1, 0.15) is 62.9 Å². The molecule has 1 aromatic carbocycles. The molecule has 7 heteroatoms. The van der Waals surface area contributed by atoms with Gasteiger partial charge in [0.15, 0.2) is 0 Å². The van der Waals surface area contributed by atoms with E-state index in [1.54, 1.807) is 25.3 Å². The van der Waals surface area contributed by atoms with Crippen molar-refractivity contribution in [3.05, 3.63) is 45.3 Å². The maximum Gasteiger partial charge on any atom is 0.258 e. The molecule has 0 saturated heterocycles. The largest absolute Gasteiger partial charge is 0.394 e. The first-order valence-electron chi connectivity index (χ1n) is 10.0. The number of nitrogens with one attached hydrogen (secondary N) is 1. The topological polar surface area (TPSA) is 91.6 Å². The van der Waals surface area contributed by atoms with Gasteiger partial charge in [0.2, 0.25) is 0 Å². The fraction of sp³-hybridized carbons (Fsp3) is 0.545. The zero-order valence-electron chi connectivity index (χ0n) is 17.2. The van der Waals surface area contributed by atoms with Crippen LogP contribution in [0.2, 0.25) is 5.02 Å². The van der Waals surface area contributed by atoms with Crippen LogP contribution in [0.25, 0.3) is 10.8 Å². The number of aliphatic hydroxyl groups excluding tert-OH is 1. The number of aliphatic hydroxyl groups is 2. The van der Waals surface area contributed by atoms with Crippen LogP contribution < -0.4 is 10.9 Å². The van der Waals surface area contributed by atoms with Crippen molar-refractivity contribution in [2.45, 2.75) is 58.1 Å². The second-order valence-corrected chi connectivity index (χ2v) is 9.45. The number of nitrogens with zero attached hydrogens (tertiary/aromatic N) is 1. The van der Waals surface area contributed by atoms with Gasteiger partial charge in [-0.1, -0.05) is 25.4 Å². The van der Waals surface area contributed by atoms with E-state index in [-0.39, 0.29) is 40.8 Å². The standard InChI is InChI=1S/C22H29ClN2O4/c1-14(11-26)25-10-7-15-16(20(25)28)5-6-17(23)18(15)19(27)24-13-22(29)9-4-8-21(2,3)12-22/h5-7,10,14,26,29H,4,8-9,11-13H2,1-3H3,(H,24,27)/t14-,22?/m1/s1. The molecule has 0 aliphatic heterocycles. The molecule has 158 valence electrons. The number of carbonyl (C=O) groups is 1. The molecule has 1 fully saturated rings. The van der Waals surface area contributed by atoms with E-state index in [1.807, 2.05) is 0 Å². The van der Waals surface area contributed by atoms with Gasteiger partial charge in [0.05, 0.1) is 28.8 Å². The number of fused-ring (bicyclic) bond motifs is 1. The second kappa shape index (κ2) is 8.09. The lowest BCUT2D eigenvalue weighted by Crippen LogP contribution is -2.48. The van der Waals surface area contributed by atoms with Gasteiger partial charge in [0, 0.05) is 23.5 Å². The minimum Gasteiger partial charge on any atom is -0.394 e. The average molecular weight is 421 g/mol. The fourth-order valence-electron chi connectivity index (χ4n) is 4.43. The molecule has 6 nitrogen and oxygen atoms in total. The monoisotopic (exact) mass is 420 g/mol. The third-order valence-electron chi connectivity index (χ3n) is 5.91. The van der Waals surface area contributed by atoms with Crippen molar-refractivity contribution in [3.63, 3.8) is 0 Å². The van der Waals surface area contributed by atoms with Crippen LogP contribution in [-0.2, 0) is 0 Å². The van der Waals surface area contributed by atoms with E-state index < -0.39 is 11.5 Å². The van der Waals surface area contributed by atoms with E-state index in [4.69, 9.17) is 11.6 Å². The number of aromatic nitrogens is 1. The van der Waals surface area contributed by atoms with Gasteiger partial charge in [0.25, 0.3) is 11.5 Å². The molecule has 2 atom stereocenters. The van der Waals surface area contributed by atoms with E-state index in [0.29, 0.717) is 23.6 Å². The second-order valence-electron chi connectivity index (χ2n) is 9.04. The zero-order valence-corrected chi connectivity index (χ0v) is 17.9. The summed E-state index contributed by atoms with van der Waals surface area (Å²) in [6, 6.07) is 4.42. The molecule has 1 aliphatic carbocycles. The summed E-state index contributed by atoms with van der Waals surface area (Å²) in [5.74, 6) is -0.412. The number of hydrogen-bond acceptors (Lipinski definition) is 4. The molecule has 3 N–H and O–H groups in total. The lowest BCUT2D eigenvalue weighted by atomic mass is 9.70. The Bertz CT molecular complexity index is 985. The molecule has 0 bridgehead atoms. The third-order valence-corrected chi connectivity index (χ3v) is 6.22. The normalized spacial score (nSPS) is 22.4. The molecule has 1 amide bonds. The van der Waals surface area contributed by atoms with E-state index in [9.17, 15) is 19.8 Å². The summed E-state index contributed by atoms with van der Waals surface area (Å²) < 4.78 is 1.44. The number of benzene rings is 1. The van der Waals surface area contributed by atoms with Gasteiger partial charge in [-0.2, -0.15) is 0 Å². The molecule has 1 aliphatic rings. The van der Waals surface area contributed by atoms with Gasteiger partial charge in [-0.05, 0) is 56.2 Å². The summed E-state index contributed by atoms with van der Waals surface area (Å²) in [6.07, 6.45) is 4.79. The molecule has 0 radical (unpaired) electrons. The average Bonchev–Trinajstić information content (AvgIpc) is 2.65. The van der Waals surface area contributed by atoms with Crippen molar-refractivity contribution in [2.24, 2.45) is 5.41 Å².